The smallest absolute Gasteiger partial charge is 0.0698 e. The van der Waals surface area contributed by atoms with Gasteiger partial charge in [-0.1, -0.05) is 13.0 Å². The van der Waals surface area contributed by atoms with Gasteiger partial charge in [0.1, 0.15) is 0 Å². The molecule has 0 saturated carbocycles. The lowest BCUT2D eigenvalue weighted by atomic mass is 10.5. The Morgan fingerprint density at radius 2 is 1.64 bits per heavy atom. The van der Waals surface area contributed by atoms with Gasteiger partial charge < -0.3 is 14.9 Å². The van der Waals surface area contributed by atoms with Crippen molar-refractivity contribution in [3.63, 3.8) is 0 Å². The molecule has 11 heavy (non-hydrogen) atoms. The van der Waals surface area contributed by atoms with Gasteiger partial charge in [-0.2, -0.15) is 0 Å². The number of aliphatic hydroxyl groups excluding tert-OH is 2. The van der Waals surface area contributed by atoms with Crippen LogP contribution in [0, 0.1) is 0 Å². The summed E-state index contributed by atoms with van der Waals surface area (Å²) in [7, 11) is 0. The standard InChI is InChI=1S/C4H10O3.C4H8/c5-1-3-7-4-2-6;1-3-4-2/h5-6H,1-4H2;3H,1,4H2,2H3. The highest BCUT2D eigenvalue weighted by Gasteiger charge is 1.79. The molecule has 0 aromatic rings. The van der Waals surface area contributed by atoms with E-state index in [2.05, 4.69) is 18.2 Å². The fraction of sp³-hybridized carbons (Fsp3) is 0.750. The molecule has 0 fully saturated rings. The molecule has 0 spiro atoms. The first-order valence-corrected chi connectivity index (χ1v) is 3.73. The molecule has 0 radical (unpaired) electrons. The second-order valence-corrected chi connectivity index (χ2v) is 1.76. The van der Waals surface area contributed by atoms with Crippen LogP contribution in [0.25, 0.3) is 0 Å². The topological polar surface area (TPSA) is 49.7 Å². The molecule has 0 unspecified atom stereocenters. The lowest BCUT2D eigenvalue weighted by molar-refractivity contribution is 0.0650. The van der Waals surface area contributed by atoms with E-state index in [0.717, 1.165) is 6.42 Å². The number of hydrogen-bond acceptors (Lipinski definition) is 3. The quantitative estimate of drug-likeness (QED) is 0.459. The van der Waals surface area contributed by atoms with Gasteiger partial charge in [-0.25, -0.2) is 0 Å². The van der Waals surface area contributed by atoms with Crippen LogP contribution < -0.4 is 0 Å². The molecular weight excluding hydrogens is 144 g/mol. The summed E-state index contributed by atoms with van der Waals surface area (Å²) in [6, 6.07) is 0. The highest BCUT2D eigenvalue weighted by molar-refractivity contribution is 4.60. The lowest BCUT2D eigenvalue weighted by Gasteiger charge is -1.94. The first-order chi connectivity index (χ1) is 5.33. The Hall–Kier alpha value is -0.380. The summed E-state index contributed by atoms with van der Waals surface area (Å²) in [5, 5.41) is 16.2. The van der Waals surface area contributed by atoms with Gasteiger partial charge in [0.05, 0.1) is 26.4 Å². The average molecular weight is 162 g/mol. The minimum absolute atomic E-state index is 0.0278. The summed E-state index contributed by atoms with van der Waals surface area (Å²) in [4.78, 5) is 0. The van der Waals surface area contributed by atoms with Crippen LogP contribution in [-0.4, -0.2) is 36.6 Å². The van der Waals surface area contributed by atoms with Crippen molar-refractivity contribution in [3.8, 4) is 0 Å². The normalized spacial score (nSPS) is 8.27. The van der Waals surface area contributed by atoms with Crippen molar-refractivity contribution in [3.05, 3.63) is 12.7 Å². The average Bonchev–Trinajstić information content (AvgIpc) is 2.06. The van der Waals surface area contributed by atoms with E-state index in [1.807, 2.05) is 6.08 Å². The van der Waals surface area contributed by atoms with Crippen LogP contribution in [0.2, 0.25) is 0 Å². The Morgan fingerprint density at radius 3 is 1.82 bits per heavy atom. The summed E-state index contributed by atoms with van der Waals surface area (Å²) in [6.07, 6.45) is 2.96. The molecule has 0 aromatic heterocycles. The summed E-state index contributed by atoms with van der Waals surface area (Å²) >= 11 is 0. The van der Waals surface area contributed by atoms with E-state index in [9.17, 15) is 0 Å². The third kappa shape index (κ3) is 26.2. The van der Waals surface area contributed by atoms with Crippen molar-refractivity contribution >= 4 is 0 Å². The molecule has 0 aliphatic rings. The third-order valence-electron chi connectivity index (χ3n) is 0.760. The lowest BCUT2D eigenvalue weighted by Crippen LogP contribution is -2.03. The van der Waals surface area contributed by atoms with E-state index >= 15 is 0 Å². The number of hydrogen-bond donors (Lipinski definition) is 2. The van der Waals surface area contributed by atoms with E-state index in [-0.39, 0.29) is 13.2 Å². The van der Waals surface area contributed by atoms with E-state index < -0.39 is 0 Å². The van der Waals surface area contributed by atoms with Crippen molar-refractivity contribution in [1.29, 1.82) is 0 Å². The van der Waals surface area contributed by atoms with E-state index in [1.165, 1.54) is 0 Å². The zero-order valence-corrected chi connectivity index (χ0v) is 7.12. The summed E-state index contributed by atoms with van der Waals surface area (Å²) in [6.45, 7) is 6.24. The molecule has 0 amide bonds. The highest BCUT2D eigenvalue weighted by Crippen LogP contribution is 1.68. The molecular formula is C8H18O3. The summed E-state index contributed by atoms with van der Waals surface area (Å²) in [5.41, 5.74) is 0. The van der Waals surface area contributed by atoms with Crippen LogP contribution in [0.3, 0.4) is 0 Å². The van der Waals surface area contributed by atoms with Crippen molar-refractivity contribution < 1.29 is 14.9 Å². The highest BCUT2D eigenvalue weighted by atomic mass is 16.5. The van der Waals surface area contributed by atoms with Crippen molar-refractivity contribution in [1.82, 2.24) is 0 Å². The minimum atomic E-state index is 0.0278. The van der Waals surface area contributed by atoms with Crippen LogP contribution in [0.15, 0.2) is 12.7 Å². The molecule has 0 aromatic carbocycles. The Labute approximate surface area is 68.3 Å². The summed E-state index contributed by atoms with van der Waals surface area (Å²) < 4.78 is 4.63. The maximum atomic E-state index is 8.09. The first kappa shape index (κ1) is 13.2. The van der Waals surface area contributed by atoms with Crippen LogP contribution in [0.5, 0.6) is 0 Å². The molecule has 0 aliphatic carbocycles. The van der Waals surface area contributed by atoms with Gasteiger partial charge in [-0.3, -0.25) is 0 Å². The monoisotopic (exact) mass is 162 g/mol. The zero-order chi connectivity index (χ0) is 8.95. The van der Waals surface area contributed by atoms with Gasteiger partial charge in [0.25, 0.3) is 0 Å². The predicted octanol–water partition coefficient (Wildman–Crippen LogP) is 0.570. The maximum Gasteiger partial charge on any atom is 0.0698 e. The van der Waals surface area contributed by atoms with Crippen LogP contribution in [0.1, 0.15) is 13.3 Å². The number of ether oxygens (including phenoxy) is 1. The van der Waals surface area contributed by atoms with Crippen LogP contribution in [-0.2, 0) is 4.74 Å². The SMILES string of the molecule is C=CCC.OCCOCCO. The van der Waals surface area contributed by atoms with Gasteiger partial charge in [-0.15, -0.1) is 6.58 Å². The Balaban J connectivity index is 0. The van der Waals surface area contributed by atoms with Gasteiger partial charge in [0.15, 0.2) is 0 Å². The molecule has 0 atom stereocenters. The molecule has 0 rings (SSSR count). The molecule has 0 heterocycles. The number of rotatable bonds is 5. The predicted molar refractivity (Wildman–Crippen MR) is 45.5 cm³/mol. The fourth-order valence-electron chi connectivity index (χ4n) is 0.231. The van der Waals surface area contributed by atoms with E-state index in [4.69, 9.17) is 10.2 Å². The second-order valence-electron chi connectivity index (χ2n) is 1.76. The molecule has 3 heteroatoms. The van der Waals surface area contributed by atoms with Gasteiger partial charge >= 0.3 is 0 Å². The molecule has 2 N–H and O–H groups in total. The minimum Gasteiger partial charge on any atom is -0.394 e. The molecule has 0 aliphatic heterocycles. The van der Waals surface area contributed by atoms with Gasteiger partial charge in [0.2, 0.25) is 0 Å². The fourth-order valence-corrected chi connectivity index (χ4v) is 0.231. The largest absolute Gasteiger partial charge is 0.394 e. The first-order valence-electron chi connectivity index (χ1n) is 3.73. The Kier molecular flexibility index (Phi) is 19.6. The van der Waals surface area contributed by atoms with Gasteiger partial charge in [0, 0.05) is 0 Å². The van der Waals surface area contributed by atoms with Crippen LogP contribution in [0.4, 0.5) is 0 Å². The van der Waals surface area contributed by atoms with Crippen LogP contribution >= 0.6 is 0 Å². The second kappa shape index (κ2) is 16.3. The third-order valence-corrected chi connectivity index (χ3v) is 0.760. The Bertz CT molecular complexity index is 60.4. The molecule has 68 valence electrons. The van der Waals surface area contributed by atoms with Crippen molar-refractivity contribution in [2.45, 2.75) is 13.3 Å². The molecule has 0 bridgehead atoms. The maximum absolute atomic E-state index is 8.09. The van der Waals surface area contributed by atoms with E-state index in [0.29, 0.717) is 13.2 Å². The molecule has 0 saturated heterocycles. The Morgan fingerprint density at radius 1 is 1.27 bits per heavy atom. The number of allylic oxidation sites excluding steroid dienone is 1. The number of aliphatic hydroxyl groups is 2. The van der Waals surface area contributed by atoms with E-state index in [1.54, 1.807) is 0 Å². The molecule has 3 nitrogen and oxygen atoms in total. The van der Waals surface area contributed by atoms with Gasteiger partial charge in [-0.05, 0) is 6.42 Å². The zero-order valence-electron chi connectivity index (χ0n) is 7.12. The summed E-state index contributed by atoms with van der Waals surface area (Å²) in [5.74, 6) is 0. The van der Waals surface area contributed by atoms with Crippen molar-refractivity contribution in [2.24, 2.45) is 0 Å². The van der Waals surface area contributed by atoms with Crippen molar-refractivity contribution in [2.75, 3.05) is 26.4 Å².